The number of methoxy groups -OCH3 is 1. The monoisotopic (exact) mass is 454 g/mol. The number of ether oxygens (including phenoxy) is 1. The Kier molecular flexibility index (Phi) is 6.29. The van der Waals surface area contributed by atoms with Crippen LogP contribution in [0.5, 0.6) is 5.75 Å². The summed E-state index contributed by atoms with van der Waals surface area (Å²) in [7, 11) is 1.50. The Bertz CT molecular complexity index is 813. The fourth-order valence-corrected chi connectivity index (χ4v) is 3.43. The van der Waals surface area contributed by atoms with Crippen LogP contribution < -0.4 is 14.6 Å². The quantitative estimate of drug-likeness (QED) is 0.461. The third kappa shape index (κ3) is 5.00. The van der Waals surface area contributed by atoms with Crippen molar-refractivity contribution in [2.24, 2.45) is 10.5 Å². The Labute approximate surface area is 177 Å². The number of carbonyl (C=O) groups is 1. The van der Waals surface area contributed by atoms with Crippen LogP contribution in [-0.4, -0.2) is 34.4 Å². The molecule has 0 aromatic heterocycles. The number of amides is 1. The van der Waals surface area contributed by atoms with Crippen LogP contribution in [0.3, 0.4) is 0 Å². The molecular weight excluding hydrogens is 436 g/mol. The van der Waals surface area contributed by atoms with Crippen LogP contribution >= 0.6 is 46.4 Å². The van der Waals surface area contributed by atoms with Crippen molar-refractivity contribution in [3.05, 3.63) is 35.1 Å². The van der Waals surface area contributed by atoms with Gasteiger partial charge < -0.3 is 9.84 Å². The average Bonchev–Trinajstić information content (AvgIpc) is 2.84. The topological polar surface area (TPSA) is 70.9 Å². The molecule has 1 amide bonds. The number of allylic oxidation sites excluding steroid dienone is 1. The molecule has 0 fully saturated rings. The molecule has 0 saturated carbocycles. The van der Waals surface area contributed by atoms with Crippen LogP contribution in [0.2, 0.25) is 5.02 Å². The second-order valence-corrected chi connectivity index (χ2v) is 9.98. The van der Waals surface area contributed by atoms with Gasteiger partial charge in [-0.15, -0.1) is 4.59 Å². The second kappa shape index (κ2) is 7.68. The number of halogens is 4. The van der Waals surface area contributed by atoms with Gasteiger partial charge >= 0.3 is 6.09 Å². The maximum atomic E-state index is 11.4. The average molecular weight is 456 g/mol. The Morgan fingerprint density at radius 2 is 1.93 bits per heavy atom. The number of nitrogens with zero attached hydrogens (tertiary/aromatic N) is 2. The minimum absolute atomic E-state index is 0.147. The van der Waals surface area contributed by atoms with E-state index in [1.165, 1.54) is 7.11 Å². The molecule has 2 rings (SSSR count). The highest BCUT2D eigenvalue weighted by molar-refractivity contribution is 6.67. The molecule has 2 N–H and O–H groups in total. The number of benzene rings is 1. The summed E-state index contributed by atoms with van der Waals surface area (Å²) >= 11 is 24.6. The first-order valence-corrected chi connectivity index (χ1v) is 9.41. The Hall–Kier alpha value is -1.18. The standard InChI is InChI=1S/C17H19Cl4N3O3/c1-16(2,3)13-8-14(22-15(25)26)24(23-13,9-17(19,20)21)10-5-6-12(27-4)11(18)7-10/h5-8H,9H2,1-4H3,(H-,22,23,25,26)/p+1. The van der Waals surface area contributed by atoms with E-state index in [1.807, 2.05) is 20.8 Å². The molecule has 1 unspecified atom stereocenters. The molecule has 0 aliphatic carbocycles. The van der Waals surface area contributed by atoms with Crippen molar-refractivity contribution >= 4 is 63.9 Å². The number of rotatable bonds is 4. The van der Waals surface area contributed by atoms with Crippen LogP contribution in [-0.2, 0) is 0 Å². The number of alkyl halides is 3. The van der Waals surface area contributed by atoms with E-state index in [0.717, 1.165) is 0 Å². The fourth-order valence-electron chi connectivity index (χ4n) is 2.66. The fraction of sp³-hybridized carbons (Fsp3) is 0.412. The van der Waals surface area contributed by atoms with Crippen molar-refractivity contribution in [1.29, 1.82) is 0 Å². The number of hydrogen-bond donors (Lipinski definition) is 2. The van der Waals surface area contributed by atoms with E-state index in [2.05, 4.69) is 5.32 Å². The van der Waals surface area contributed by atoms with E-state index in [4.69, 9.17) is 56.2 Å². The zero-order chi connectivity index (χ0) is 20.6. The van der Waals surface area contributed by atoms with Gasteiger partial charge in [0.1, 0.15) is 11.5 Å². The van der Waals surface area contributed by atoms with Crippen LogP contribution in [0.4, 0.5) is 10.5 Å². The van der Waals surface area contributed by atoms with E-state index in [-0.39, 0.29) is 22.4 Å². The molecule has 1 aromatic carbocycles. The summed E-state index contributed by atoms with van der Waals surface area (Å²) in [5.41, 5.74) is 0.800. The lowest BCUT2D eigenvalue weighted by Crippen LogP contribution is -2.51. The first-order valence-electron chi connectivity index (χ1n) is 7.90. The smallest absolute Gasteiger partial charge is 0.413 e. The highest BCUT2D eigenvalue weighted by Crippen LogP contribution is 2.43. The second-order valence-electron chi connectivity index (χ2n) is 7.06. The number of carboxylic acid groups (broad SMARTS) is 1. The van der Waals surface area contributed by atoms with E-state index in [0.29, 0.717) is 22.2 Å². The lowest BCUT2D eigenvalue weighted by Gasteiger charge is -2.32. The summed E-state index contributed by atoms with van der Waals surface area (Å²) in [6.07, 6.45) is 0.404. The molecule has 0 saturated heterocycles. The van der Waals surface area contributed by atoms with Crippen molar-refractivity contribution in [3.63, 3.8) is 0 Å². The summed E-state index contributed by atoms with van der Waals surface area (Å²) < 4.78 is 3.08. The largest absolute Gasteiger partial charge is 0.495 e. The molecular formula is C17H20Cl4N3O3+. The molecule has 27 heavy (non-hydrogen) atoms. The van der Waals surface area contributed by atoms with Crippen molar-refractivity contribution in [2.45, 2.75) is 24.6 Å². The van der Waals surface area contributed by atoms with Gasteiger partial charge in [0.15, 0.2) is 12.2 Å². The van der Waals surface area contributed by atoms with Crippen molar-refractivity contribution in [3.8, 4) is 5.75 Å². The summed E-state index contributed by atoms with van der Waals surface area (Å²) in [4.78, 5) is 11.4. The third-order valence-electron chi connectivity index (χ3n) is 3.92. The molecule has 10 heteroatoms. The minimum Gasteiger partial charge on any atom is -0.495 e. The lowest BCUT2D eigenvalue weighted by atomic mass is 9.90. The molecule has 0 radical (unpaired) electrons. The summed E-state index contributed by atoms with van der Waals surface area (Å²) in [5.74, 6) is 0.698. The van der Waals surface area contributed by atoms with Crippen molar-refractivity contribution < 1.29 is 14.6 Å². The molecule has 1 aliphatic heterocycles. The number of hydrogen-bond acceptors (Lipinski definition) is 3. The number of nitrogens with one attached hydrogen (secondary N) is 1. The van der Waals surface area contributed by atoms with Crippen LogP contribution in [0.1, 0.15) is 20.8 Å². The molecule has 1 aromatic rings. The highest BCUT2D eigenvalue weighted by atomic mass is 35.6. The molecule has 1 aliphatic rings. The van der Waals surface area contributed by atoms with E-state index < -0.39 is 9.89 Å². The van der Waals surface area contributed by atoms with Crippen molar-refractivity contribution in [1.82, 2.24) is 9.91 Å². The minimum atomic E-state index is -1.72. The molecule has 0 bridgehead atoms. The molecule has 148 valence electrons. The van der Waals surface area contributed by atoms with Gasteiger partial charge in [0, 0.05) is 23.6 Å². The van der Waals surface area contributed by atoms with Crippen molar-refractivity contribution in [2.75, 3.05) is 13.7 Å². The van der Waals surface area contributed by atoms with Crippen LogP contribution in [0.15, 0.2) is 35.2 Å². The lowest BCUT2D eigenvalue weighted by molar-refractivity contribution is 0.192. The summed E-state index contributed by atoms with van der Waals surface area (Å²) in [5, 5.41) is 16.8. The predicted molar refractivity (Wildman–Crippen MR) is 111 cm³/mol. The van der Waals surface area contributed by atoms with Crippen LogP contribution in [0.25, 0.3) is 0 Å². The third-order valence-corrected chi connectivity index (χ3v) is 4.58. The Balaban J connectivity index is 2.74. The van der Waals surface area contributed by atoms with E-state index in [1.54, 1.807) is 24.3 Å². The summed E-state index contributed by atoms with van der Waals surface area (Å²) in [6, 6.07) is 4.97. The Morgan fingerprint density at radius 3 is 2.37 bits per heavy atom. The Morgan fingerprint density at radius 1 is 1.30 bits per heavy atom. The zero-order valence-electron chi connectivity index (χ0n) is 15.2. The maximum Gasteiger partial charge on any atom is 0.413 e. The molecule has 6 nitrogen and oxygen atoms in total. The zero-order valence-corrected chi connectivity index (χ0v) is 18.2. The van der Waals surface area contributed by atoms with E-state index in [9.17, 15) is 9.90 Å². The van der Waals surface area contributed by atoms with Gasteiger partial charge in [-0.3, -0.25) is 0 Å². The maximum absolute atomic E-state index is 11.4. The van der Waals surface area contributed by atoms with E-state index >= 15 is 0 Å². The van der Waals surface area contributed by atoms with Crippen LogP contribution in [0, 0.1) is 5.41 Å². The van der Waals surface area contributed by atoms with Gasteiger partial charge in [-0.1, -0.05) is 72.3 Å². The van der Waals surface area contributed by atoms with Gasteiger partial charge in [-0.25, -0.2) is 10.1 Å². The SMILES string of the molecule is COc1ccc([N+]2(CC(Cl)(Cl)Cl)N=C(C(C)(C)C)C=C2NC(=O)O)cc1Cl. The van der Waals surface area contributed by atoms with Gasteiger partial charge in [0.05, 0.1) is 12.1 Å². The van der Waals surface area contributed by atoms with Gasteiger partial charge in [-0.2, -0.15) is 0 Å². The van der Waals surface area contributed by atoms with Gasteiger partial charge in [-0.05, 0) is 6.07 Å². The first-order chi connectivity index (χ1) is 12.3. The molecule has 1 atom stereocenters. The predicted octanol–water partition coefficient (Wildman–Crippen LogP) is 5.55. The molecule has 0 spiro atoms. The number of quaternary nitrogens is 1. The highest BCUT2D eigenvalue weighted by Gasteiger charge is 2.49. The molecule has 1 heterocycles. The van der Waals surface area contributed by atoms with Gasteiger partial charge in [0.25, 0.3) is 0 Å². The normalized spacial score (nSPS) is 20.1. The van der Waals surface area contributed by atoms with Gasteiger partial charge in [0.2, 0.25) is 9.61 Å². The summed E-state index contributed by atoms with van der Waals surface area (Å²) in [6.45, 7) is 5.72. The first kappa shape index (κ1) is 22.1.